The molecule has 0 spiro atoms. The minimum absolute atomic E-state index is 0.166. The molecule has 0 aromatic heterocycles. The summed E-state index contributed by atoms with van der Waals surface area (Å²) in [4.78, 5) is 25.6. The predicted octanol–water partition coefficient (Wildman–Crippen LogP) is 4.56. The number of thioether (sulfide) groups is 1. The highest BCUT2D eigenvalue weighted by Gasteiger charge is 2.34. The maximum absolute atomic E-state index is 12.8. The number of thiocarbonyl (C=S) groups is 1. The largest absolute Gasteiger partial charge is 0.497 e. The Morgan fingerprint density at radius 3 is 2.59 bits per heavy atom. The second kappa shape index (κ2) is 9.04. The number of carbonyl (C=O) groups excluding carboxylic acids is 2. The Kier molecular flexibility index (Phi) is 6.69. The number of nitrogens with one attached hydrogen (secondary N) is 1. The lowest BCUT2D eigenvalue weighted by Crippen LogP contribution is -2.44. The van der Waals surface area contributed by atoms with E-state index >= 15 is 0 Å². The average Bonchev–Trinajstić information content (AvgIpc) is 2.95. The predicted molar refractivity (Wildman–Crippen MR) is 118 cm³/mol. The van der Waals surface area contributed by atoms with Gasteiger partial charge in [-0.2, -0.15) is 5.01 Å². The lowest BCUT2D eigenvalue weighted by Gasteiger charge is -2.16. The Bertz CT molecular complexity index is 1040. The molecule has 1 aliphatic heterocycles. The minimum Gasteiger partial charge on any atom is -0.497 e. The first-order valence-electron chi connectivity index (χ1n) is 8.10. The molecule has 0 aliphatic carbocycles. The SMILES string of the molecule is COc1ccc(/C=C2\SC(=S)N(NC(=O)c3ccc(Cl)cc3Cl)C2=O)c(OC)c1. The first kappa shape index (κ1) is 21.4. The van der Waals surface area contributed by atoms with Crippen molar-refractivity contribution in [2.75, 3.05) is 14.2 Å². The molecule has 1 heterocycles. The van der Waals surface area contributed by atoms with Gasteiger partial charge < -0.3 is 9.47 Å². The van der Waals surface area contributed by atoms with Gasteiger partial charge in [0, 0.05) is 16.7 Å². The van der Waals surface area contributed by atoms with E-state index in [1.165, 1.54) is 25.3 Å². The van der Waals surface area contributed by atoms with Crippen molar-refractivity contribution in [1.82, 2.24) is 10.4 Å². The average molecular weight is 469 g/mol. The fourth-order valence-electron chi connectivity index (χ4n) is 2.48. The van der Waals surface area contributed by atoms with Crippen molar-refractivity contribution < 1.29 is 19.1 Å². The summed E-state index contributed by atoms with van der Waals surface area (Å²) in [5.74, 6) is 0.118. The number of amides is 2. The van der Waals surface area contributed by atoms with Gasteiger partial charge in [0.25, 0.3) is 11.8 Å². The molecule has 0 bridgehead atoms. The fourth-order valence-corrected chi connectivity index (χ4v) is 4.14. The van der Waals surface area contributed by atoms with E-state index in [9.17, 15) is 9.59 Å². The van der Waals surface area contributed by atoms with Crippen LogP contribution < -0.4 is 14.9 Å². The highest BCUT2D eigenvalue weighted by molar-refractivity contribution is 8.26. The third-order valence-corrected chi connectivity index (χ3v) is 5.76. The van der Waals surface area contributed by atoms with Crippen LogP contribution in [-0.4, -0.2) is 35.4 Å². The molecule has 150 valence electrons. The van der Waals surface area contributed by atoms with E-state index in [4.69, 9.17) is 44.9 Å². The first-order chi connectivity index (χ1) is 13.8. The maximum Gasteiger partial charge on any atom is 0.285 e. The topological polar surface area (TPSA) is 67.9 Å². The van der Waals surface area contributed by atoms with Crippen LogP contribution in [0.1, 0.15) is 15.9 Å². The first-order valence-corrected chi connectivity index (χ1v) is 10.1. The summed E-state index contributed by atoms with van der Waals surface area (Å²) in [6.45, 7) is 0. The molecule has 1 fully saturated rings. The third-order valence-electron chi connectivity index (χ3n) is 3.91. The quantitative estimate of drug-likeness (QED) is 0.512. The van der Waals surface area contributed by atoms with Crippen molar-refractivity contribution in [3.63, 3.8) is 0 Å². The zero-order valence-corrected chi connectivity index (χ0v) is 18.3. The van der Waals surface area contributed by atoms with Crippen molar-refractivity contribution in [2.45, 2.75) is 0 Å². The third kappa shape index (κ3) is 4.67. The molecule has 2 aromatic carbocycles. The normalized spacial score (nSPS) is 15.0. The van der Waals surface area contributed by atoms with Crippen LogP contribution in [0.25, 0.3) is 6.08 Å². The Morgan fingerprint density at radius 1 is 1.17 bits per heavy atom. The molecule has 6 nitrogen and oxygen atoms in total. The van der Waals surface area contributed by atoms with Crippen molar-refractivity contribution in [3.05, 3.63) is 62.5 Å². The van der Waals surface area contributed by atoms with Crippen LogP contribution in [0.15, 0.2) is 41.3 Å². The molecule has 0 saturated carbocycles. The summed E-state index contributed by atoms with van der Waals surface area (Å²) >= 11 is 18.2. The van der Waals surface area contributed by atoms with E-state index in [1.807, 2.05) is 0 Å². The highest BCUT2D eigenvalue weighted by Crippen LogP contribution is 2.34. The van der Waals surface area contributed by atoms with E-state index in [0.29, 0.717) is 27.0 Å². The second-order valence-corrected chi connectivity index (χ2v) is 8.21. The lowest BCUT2D eigenvalue weighted by atomic mass is 10.1. The molecule has 3 rings (SSSR count). The molecule has 2 amide bonds. The Balaban J connectivity index is 1.83. The van der Waals surface area contributed by atoms with Gasteiger partial charge in [-0.25, -0.2) is 0 Å². The summed E-state index contributed by atoms with van der Waals surface area (Å²) in [6, 6.07) is 9.66. The van der Waals surface area contributed by atoms with E-state index in [0.717, 1.165) is 16.8 Å². The van der Waals surface area contributed by atoms with E-state index in [2.05, 4.69) is 5.43 Å². The molecular formula is C19H14Cl2N2O4S2. The number of hydrazine groups is 1. The number of carbonyl (C=O) groups is 2. The molecular weight excluding hydrogens is 455 g/mol. The molecule has 0 unspecified atom stereocenters. The van der Waals surface area contributed by atoms with Gasteiger partial charge in [0.1, 0.15) is 11.5 Å². The summed E-state index contributed by atoms with van der Waals surface area (Å²) < 4.78 is 10.7. The minimum atomic E-state index is -0.578. The van der Waals surface area contributed by atoms with Crippen molar-refractivity contribution >= 4 is 69.4 Å². The summed E-state index contributed by atoms with van der Waals surface area (Å²) in [5, 5.41) is 1.57. The number of methoxy groups -OCH3 is 2. The number of hydrogen-bond donors (Lipinski definition) is 1. The molecule has 1 N–H and O–H groups in total. The molecule has 10 heteroatoms. The van der Waals surface area contributed by atoms with Gasteiger partial charge >= 0.3 is 0 Å². The molecule has 0 radical (unpaired) electrons. The van der Waals surface area contributed by atoms with Crippen molar-refractivity contribution in [1.29, 1.82) is 0 Å². The van der Waals surface area contributed by atoms with Crippen LogP contribution in [0, 0.1) is 0 Å². The fraction of sp³-hybridized carbons (Fsp3) is 0.105. The molecule has 2 aromatic rings. The van der Waals surface area contributed by atoms with E-state index in [1.54, 1.807) is 31.4 Å². The van der Waals surface area contributed by atoms with Crippen LogP contribution in [0.5, 0.6) is 11.5 Å². The van der Waals surface area contributed by atoms with Gasteiger partial charge in [0.05, 0.1) is 29.7 Å². The summed E-state index contributed by atoms with van der Waals surface area (Å²) in [5.41, 5.74) is 3.32. The smallest absolute Gasteiger partial charge is 0.285 e. The number of rotatable bonds is 5. The Hall–Kier alpha value is -2.26. The van der Waals surface area contributed by atoms with Gasteiger partial charge in [0.15, 0.2) is 4.32 Å². The van der Waals surface area contributed by atoms with Crippen molar-refractivity contribution in [2.24, 2.45) is 0 Å². The Morgan fingerprint density at radius 2 is 1.93 bits per heavy atom. The summed E-state index contributed by atoms with van der Waals surface area (Å²) in [7, 11) is 3.07. The number of nitrogens with zero attached hydrogens (tertiary/aromatic N) is 1. The zero-order valence-electron chi connectivity index (χ0n) is 15.2. The molecule has 0 atom stereocenters. The second-order valence-electron chi connectivity index (χ2n) is 5.69. The number of hydrogen-bond acceptors (Lipinski definition) is 6. The van der Waals surface area contributed by atoms with Gasteiger partial charge in [-0.3, -0.25) is 15.0 Å². The molecule has 1 aliphatic rings. The van der Waals surface area contributed by atoms with Crippen LogP contribution in [0.4, 0.5) is 0 Å². The standard InChI is InChI=1S/C19H14Cl2N2O4S2/c1-26-12-5-3-10(15(9-12)27-2)7-16-18(25)23(19(28)29-16)22-17(24)13-6-4-11(20)8-14(13)21/h3-9H,1-2H3,(H,22,24)/b16-7-. The van der Waals surface area contributed by atoms with Gasteiger partial charge in [-0.05, 0) is 48.6 Å². The molecule has 1 saturated heterocycles. The molecule has 29 heavy (non-hydrogen) atoms. The monoisotopic (exact) mass is 468 g/mol. The zero-order chi connectivity index (χ0) is 21.1. The van der Waals surface area contributed by atoms with Crippen LogP contribution in [0.2, 0.25) is 10.0 Å². The Labute approximate surface area is 186 Å². The van der Waals surface area contributed by atoms with Crippen LogP contribution >= 0.6 is 47.2 Å². The van der Waals surface area contributed by atoms with E-state index in [-0.39, 0.29) is 14.9 Å². The van der Waals surface area contributed by atoms with Crippen molar-refractivity contribution in [3.8, 4) is 11.5 Å². The highest BCUT2D eigenvalue weighted by atomic mass is 35.5. The lowest BCUT2D eigenvalue weighted by molar-refractivity contribution is -0.123. The van der Waals surface area contributed by atoms with E-state index < -0.39 is 11.8 Å². The number of ether oxygens (including phenoxy) is 2. The maximum atomic E-state index is 12.8. The van der Waals surface area contributed by atoms with Crippen LogP contribution in [0.3, 0.4) is 0 Å². The van der Waals surface area contributed by atoms with Gasteiger partial charge in [-0.15, -0.1) is 0 Å². The number of halogens is 2. The number of benzene rings is 2. The van der Waals surface area contributed by atoms with Gasteiger partial charge in [-0.1, -0.05) is 35.0 Å². The summed E-state index contributed by atoms with van der Waals surface area (Å²) in [6.07, 6.45) is 1.64. The van der Waals surface area contributed by atoms with Gasteiger partial charge in [0.2, 0.25) is 0 Å². The van der Waals surface area contributed by atoms with Crippen LogP contribution in [-0.2, 0) is 4.79 Å².